The molecule has 0 bridgehead atoms. The molecule has 0 aliphatic rings. The summed E-state index contributed by atoms with van der Waals surface area (Å²) in [4.78, 5) is 6.75. The Kier molecular flexibility index (Phi) is 5.01. The van der Waals surface area contributed by atoms with E-state index in [-0.39, 0.29) is 12.5 Å². The first kappa shape index (κ1) is 15.6. The fourth-order valence-corrected chi connectivity index (χ4v) is 1.89. The van der Waals surface area contributed by atoms with Gasteiger partial charge in [0.2, 0.25) is 11.2 Å². The molecule has 0 atom stereocenters. The number of hydrogen-bond donors (Lipinski definition) is 0. The van der Waals surface area contributed by atoms with Crippen LogP contribution in [-0.2, 0) is 12.6 Å². The summed E-state index contributed by atoms with van der Waals surface area (Å²) in [5.74, 6) is -0.171. The van der Waals surface area contributed by atoms with E-state index in [9.17, 15) is 13.2 Å². The van der Waals surface area contributed by atoms with Crippen molar-refractivity contribution in [2.24, 2.45) is 0 Å². The zero-order valence-electron chi connectivity index (χ0n) is 10.9. The molecule has 0 radical (unpaired) electrons. The smallest absolute Gasteiger partial charge is 0.433 e. The molecule has 0 fully saturated rings. The molecule has 21 heavy (non-hydrogen) atoms. The average Bonchev–Trinajstić information content (AvgIpc) is 2.43. The fourth-order valence-electron chi connectivity index (χ4n) is 1.71. The van der Waals surface area contributed by atoms with E-state index in [1.165, 1.54) is 0 Å². The van der Waals surface area contributed by atoms with Crippen LogP contribution in [0.4, 0.5) is 13.2 Å². The first-order valence-corrected chi connectivity index (χ1v) is 6.61. The lowest BCUT2D eigenvalue weighted by atomic mass is 10.1. The highest BCUT2D eigenvalue weighted by Gasteiger charge is 2.33. The van der Waals surface area contributed by atoms with Gasteiger partial charge in [0.05, 0.1) is 6.61 Å². The number of rotatable bonds is 5. The lowest BCUT2D eigenvalue weighted by molar-refractivity contribution is -0.141. The molecule has 1 aromatic carbocycles. The van der Waals surface area contributed by atoms with Crippen molar-refractivity contribution in [1.29, 1.82) is 0 Å². The van der Waals surface area contributed by atoms with Gasteiger partial charge in [0, 0.05) is 6.07 Å². The van der Waals surface area contributed by atoms with Gasteiger partial charge in [-0.1, -0.05) is 30.3 Å². The number of benzene rings is 1. The molecule has 3 nitrogen and oxygen atoms in total. The Morgan fingerprint density at radius 3 is 2.48 bits per heavy atom. The van der Waals surface area contributed by atoms with Crippen molar-refractivity contribution < 1.29 is 17.9 Å². The Morgan fingerprint density at radius 2 is 1.81 bits per heavy atom. The van der Waals surface area contributed by atoms with Gasteiger partial charge in [-0.15, -0.1) is 0 Å². The average molecular weight is 317 g/mol. The van der Waals surface area contributed by atoms with Crippen LogP contribution in [0.1, 0.15) is 17.7 Å². The van der Waals surface area contributed by atoms with Gasteiger partial charge in [-0.2, -0.15) is 18.2 Å². The quantitative estimate of drug-likeness (QED) is 0.613. The number of alkyl halides is 3. The number of hydrogen-bond acceptors (Lipinski definition) is 3. The van der Waals surface area contributed by atoms with Crippen molar-refractivity contribution in [3.05, 3.63) is 52.9 Å². The summed E-state index contributed by atoms with van der Waals surface area (Å²) >= 11 is 5.46. The fraction of sp³-hybridized carbons (Fsp3) is 0.286. The molecule has 0 saturated carbocycles. The number of aryl methyl sites for hydroxylation is 1. The Hall–Kier alpha value is -1.82. The van der Waals surface area contributed by atoms with E-state index < -0.39 is 17.2 Å². The van der Waals surface area contributed by atoms with Crippen LogP contribution in [0.3, 0.4) is 0 Å². The van der Waals surface area contributed by atoms with E-state index in [4.69, 9.17) is 16.3 Å². The maximum Gasteiger partial charge on any atom is 0.433 e. The second-order valence-corrected chi connectivity index (χ2v) is 4.63. The summed E-state index contributed by atoms with van der Waals surface area (Å²) in [5.41, 5.74) is 0.0263. The van der Waals surface area contributed by atoms with Gasteiger partial charge in [-0.25, -0.2) is 4.98 Å². The van der Waals surface area contributed by atoms with E-state index in [2.05, 4.69) is 9.97 Å². The minimum Gasteiger partial charge on any atom is -0.478 e. The summed E-state index contributed by atoms with van der Waals surface area (Å²) in [6.45, 7) is 0.250. The zero-order chi connectivity index (χ0) is 15.3. The normalized spacial score (nSPS) is 11.4. The minimum absolute atomic E-state index is 0.171. The predicted molar refractivity (Wildman–Crippen MR) is 72.3 cm³/mol. The van der Waals surface area contributed by atoms with Crippen molar-refractivity contribution in [2.45, 2.75) is 19.0 Å². The topological polar surface area (TPSA) is 35.0 Å². The molecule has 0 N–H and O–H groups in total. The lowest BCUT2D eigenvalue weighted by Gasteiger charge is -2.09. The lowest BCUT2D eigenvalue weighted by Crippen LogP contribution is -2.10. The van der Waals surface area contributed by atoms with Crippen molar-refractivity contribution >= 4 is 11.6 Å². The maximum absolute atomic E-state index is 12.6. The highest BCUT2D eigenvalue weighted by molar-refractivity contribution is 6.28. The van der Waals surface area contributed by atoms with Crippen LogP contribution in [-0.4, -0.2) is 16.6 Å². The molecule has 0 unspecified atom stereocenters. The van der Waals surface area contributed by atoms with Crippen LogP contribution < -0.4 is 4.74 Å². The second-order valence-electron chi connectivity index (χ2n) is 4.30. The number of aromatic nitrogens is 2. The third-order valence-electron chi connectivity index (χ3n) is 2.67. The van der Waals surface area contributed by atoms with E-state index in [0.29, 0.717) is 6.42 Å². The van der Waals surface area contributed by atoms with E-state index >= 15 is 0 Å². The van der Waals surface area contributed by atoms with Gasteiger partial charge in [0.1, 0.15) is 0 Å². The maximum atomic E-state index is 12.6. The molecule has 0 aliphatic carbocycles. The third-order valence-corrected chi connectivity index (χ3v) is 2.84. The van der Waals surface area contributed by atoms with Gasteiger partial charge >= 0.3 is 6.18 Å². The second kappa shape index (κ2) is 6.76. The van der Waals surface area contributed by atoms with Crippen LogP contribution in [0.2, 0.25) is 5.28 Å². The molecule has 2 aromatic rings. The first-order valence-electron chi connectivity index (χ1n) is 6.23. The van der Waals surface area contributed by atoms with Gasteiger partial charge in [-0.3, -0.25) is 0 Å². The molecule has 0 amide bonds. The molecule has 0 saturated heterocycles. The zero-order valence-corrected chi connectivity index (χ0v) is 11.7. The van der Waals surface area contributed by atoms with Crippen molar-refractivity contribution in [3.63, 3.8) is 0 Å². The summed E-state index contributed by atoms with van der Waals surface area (Å²) in [6, 6.07) is 10.5. The van der Waals surface area contributed by atoms with Crippen molar-refractivity contribution in [3.8, 4) is 5.88 Å². The molecule has 2 rings (SSSR count). The van der Waals surface area contributed by atoms with Gasteiger partial charge < -0.3 is 4.74 Å². The molecular formula is C14H12ClF3N2O. The predicted octanol–water partition coefficient (Wildman–Crippen LogP) is 4.16. The first-order chi connectivity index (χ1) is 9.95. The van der Waals surface area contributed by atoms with E-state index in [1.807, 2.05) is 30.3 Å². The van der Waals surface area contributed by atoms with Gasteiger partial charge in [0.25, 0.3) is 0 Å². The Balaban J connectivity index is 1.90. The van der Waals surface area contributed by atoms with Crippen LogP contribution in [0.25, 0.3) is 0 Å². The largest absolute Gasteiger partial charge is 0.478 e. The van der Waals surface area contributed by atoms with Gasteiger partial charge in [-0.05, 0) is 30.0 Å². The summed E-state index contributed by atoms with van der Waals surface area (Å²) in [5, 5.41) is -0.483. The Bertz CT molecular complexity index is 591. The van der Waals surface area contributed by atoms with E-state index in [0.717, 1.165) is 18.1 Å². The molecule has 0 aliphatic heterocycles. The molecule has 7 heteroatoms. The number of ether oxygens (including phenoxy) is 1. The Morgan fingerprint density at radius 1 is 1.10 bits per heavy atom. The Labute approximate surface area is 124 Å². The highest BCUT2D eigenvalue weighted by atomic mass is 35.5. The highest BCUT2D eigenvalue weighted by Crippen LogP contribution is 2.30. The summed E-state index contributed by atoms with van der Waals surface area (Å²) in [7, 11) is 0. The van der Waals surface area contributed by atoms with Gasteiger partial charge in [0.15, 0.2) is 5.69 Å². The molecular weight excluding hydrogens is 305 g/mol. The van der Waals surface area contributed by atoms with Crippen LogP contribution in [0, 0.1) is 0 Å². The van der Waals surface area contributed by atoms with Crippen LogP contribution in [0.5, 0.6) is 5.88 Å². The number of halogens is 4. The molecule has 1 heterocycles. The molecule has 1 aromatic heterocycles. The SMILES string of the molecule is FC(F)(F)c1cc(OCCCc2ccccc2)nc(Cl)n1. The van der Waals surface area contributed by atoms with Crippen LogP contribution >= 0.6 is 11.6 Å². The molecule has 112 valence electrons. The number of nitrogens with zero attached hydrogens (tertiary/aromatic N) is 2. The minimum atomic E-state index is -4.57. The van der Waals surface area contributed by atoms with Crippen molar-refractivity contribution in [2.75, 3.05) is 6.61 Å². The van der Waals surface area contributed by atoms with Crippen molar-refractivity contribution in [1.82, 2.24) is 9.97 Å². The van der Waals surface area contributed by atoms with Crippen LogP contribution in [0.15, 0.2) is 36.4 Å². The summed E-state index contributed by atoms with van der Waals surface area (Å²) < 4.78 is 42.9. The third kappa shape index (κ3) is 4.90. The van der Waals surface area contributed by atoms with E-state index in [1.54, 1.807) is 0 Å². The monoisotopic (exact) mass is 316 g/mol. The summed E-state index contributed by atoms with van der Waals surface area (Å²) in [6.07, 6.45) is -3.15. The standard InChI is InChI=1S/C14H12ClF3N2O/c15-13-19-11(14(16,17)18)9-12(20-13)21-8-4-7-10-5-2-1-3-6-10/h1-3,5-6,9H,4,7-8H2. The molecule has 0 spiro atoms.